The van der Waals surface area contributed by atoms with Crippen LogP contribution in [0.1, 0.15) is 18.2 Å². The van der Waals surface area contributed by atoms with E-state index in [1.165, 1.54) is 5.56 Å². The third-order valence-electron chi connectivity index (χ3n) is 4.25. The molecular formula is C22H24N2O2. The van der Waals surface area contributed by atoms with Gasteiger partial charge in [0.2, 0.25) is 5.91 Å². The standard InChI is InChI=1S/C22H24N2O2/c1-2-24(20-12-7-4-8-13-20)22(25)18-23(17-21-14-9-15-26-21)16-19-10-5-3-6-11-19/h3-15H,2,16-18H2,1H3. The fourth-order valence-corrected chi connectivity index (χ4v) is 3.02. The van der Waals surface area contributed by atoms with Gasteiger partial charge in [0.25, 0.3) is 0 Å². The van der Waals surface area contributed by atoms with Gasteiger partial charge >= 0.3 is 0 Å². The fraction of sp³-hybridized carbons (Fsp3) is 0.227. The van der Waals surface area contributed by atoms with Crippen LogP contribution in [-0.2, 0) is 17.9 Å². The molecule has 0 aliphatic rings. The maximum atomic E-state index is 13.0. The van der Waals surface area contributed by atoms with Gasteiger partial charge in [-0.1, -0.05) is 48.5 Å². The fourth-order valence-electron chi connectivity index (χ4n) is 3.02. The summed E-state index contributed by atoms with van der Waals surface area (Å²) in [7, 11) is 0. The van der Waals surface area contributed by atoms with Gasteiger partial charge in [0.1, 0.15) is 5.76 Å². The number of amides is 1. The number of nitrogens with zero attached hydrogens (tertiary/aromatic N) is 2. The van der Waals surface area contributed by atoms with Crippen molar-refractivity contribution in [3.63, 3.8) is 0 Å². The Balaban J connectivity index is 1.74. The van der Waals surface area contributed by atoms with E-state index in [-0.39, 0.29) is 5.91 Å². The highest BCUT2D eigenvalue weighted by atomic mass is 16.3. The number of furan rings is 1. The number of para-hydroxylation sites is 1. The van der Waals surface area contributed by atoms with Gasteiger partial charge in [-0.05, 0) is 36.8 Å². The van der Waals surface area contributed by atoms with Crippen LogP contribution in [0.5, 0.6) is 0 Å². The summed E-state index contributed by atoms with van der Waals surface area (Å²) >= 11 is 0. The van der Waals surface area contributed by atoms with E-state index in [4.69, 9.17) is 4.42 Å². The highest BCUT2D eigenvalue weighted by molar-refractivity contribution is 5.94. The Morgan fingerprint density at radius 1 is 0.885 bits per heavy atom. The van der Waals surface area contributed by atoms with Crippen LogP contribution in [0, 0.1) is 0 Å². The summed E-state index contributed by atoms with van der Waals surface area (Å²) < 4.78 is 5.49. The van der Waals surface area contributed by atoms with Crippen molar-refractivity contribution in [3.8, 4) is 0 Å². The second kappa shape index (κ2) is 9.02. The van der Waals surface area contributed by atoms with Gasteiger partial charge in [-0.3, -0.25) is 9.69 Å². The molecule has 0 fully saturated rings. The lowest BCUT2D eigenvalue weighted by Crippen LogP contribution is -2.40. The molecule has 2 aromatic carbocycles. The van der Waals surface area contributed by atoms with Crippen molar-refractivity contribution in [1.29, 1.82) is 0 Å². The zero-order chi connectivity index (χ0) is 18.2. The van der Waals surface area contributed by atoms with Gasteiger partial charge < -0.3 is 9.32 Å². The van der Waals surface area contributed by atoms with Gasteiger partial charge in [0, 0.05) is 18.8 Å². The molecule has 0 spiro atoms. The number of rotatable bonds is 8. The van der Waals surface area contributed by atoms with Crippen LogP contribution >= 0.6 is 0 Å². The normalized spacial score (nSPS) is 10.8. The van der Waals surface area contributed by atoms with E-state index < -0.39 is 0 Å². The number of hydrogen-bond acceptors (Lipinski definition) is 3. The minimum Gasteiger partial charge on any atom is -0.468 e. The van der Waals surface area contributed by atoms with Crippen LogP contribution in [0.4, 0.5) is 5.69 Å². The minimum absolute atomic E-state index is 0.0844. The SMILES string of the molecule is CCN(C(=O)CN(Cc1ccccc1)Cc1ccco1)c1ccccc1. The number of likely N-dealkylation sites (N-methyl/N-ethyl adjacent to an activating group) is 1. The largest absolute Gasteiger partial charge is 0.468 e. The summed E-state index contributed by atoms with van der Waals surface area (Å²) in [6.45, 7) is 4.26. The number of hydrogen-bond donors (Lipinski definition) is 0. The van der Waals surface area contributed by atoms with Crippen LogP contribution in [0.2, 0.25) is 0 Å². The third kappa shape index (κ3) is 4.83. The Bertz CT molecular complexity index is 786. The molecule has 1 heterocycles. The highest BCUT2D eigenvalue weighted by Crippen LogP contribution is 2.15. The first-order valence-electron chi connectivity index (χ1n) is 8.90. The summed E-state index contributed by atoms with van der Waals surface area (Å²) in [6, 6.07) is 23.8. The second-order valence-electron chi connectivity index (χ2n) is 6.18. The monoisotopic (exact) mass is 348 g/mol. The van der Waals surface area contributed by atoms with E-state index in [2.05, 4.69) is 17.0 Å². The molecule has 0 radical (unpaired) electrons. The van der Waals surface area contributed by atoms with Gasteiger partial charge in [-0.2, -0.15) is 0 Å². The maximum absolute atomic E-state index is 13.0. The average Bonchev–Trinajstić information content (AvgIpc) is 3.17. The molecule has 0 atom stereocenters. The first kappa shape index (κ1) is 18.0. The number of benzene rings is 2. The summed E-state index contributed by atoms with van der Waals surface area (Å²) in [5.41, 5.74) is 2.10. The number of anilines is 1. The number of carbonyl (C=O) groups excluding carboxylic acids is 1. The lowest BCUT2D eigenvalue weighted by atomic mass is 10.2. The molecule has 0 bridgehead atoms. The molecule has 0 unspecified atom stereocenters. The predicted octanol–water partition coefficient (Wildman–Crippen LogP) is 4.33. The van der Waals surface area contributed by atoms with Crippen LogP contribution in [0.25, 0.3) is 0 Å². The summed E-state index contributed by atoms with van der Waals surface area (Å²) in [6.07, 6.45) is 1.67. The Kier molecular flexibility index (Phi) is 6.23. The minimum atomic E-state index is 0.0844. The topological polar surface area (TPSA) is 36.7 Å². The second-order valence-corrected chi connectivity index (χ2v) is 6.18. The first-order valence-corrected chi connectivity index (χ1v) is 8.90. The van der Waals surface area contributed by atoms with Crippen molar-refractivity contribution in [2.24, 2.45) is 0 Å². The molecule has 4 nitrogen and oxygen atoms in total. The third-order valence-corrected chi connectivity index (χ3v) is 4.25. The van der Waals surface area contributed by atoms with Crippen molar-refractivity contribution in [3.05, 3.63) is 90.4 Å². The van der Waals surface area contributed by atoms with E-state index in [0.29, 0.717) is 26.2 Å². The van der Waals surface area contributed by atoms with Crippen LogP contribution in [0.15, 0.2) is 83.5 Å². The molecule has 4 heteroatoms. The Morgan fingerprint density at radius 3 is 2.19 bits per heavy atom. The maximum Gasteiger partial charge on any atom is 0.241 e. The lowest BCUT2D eigenvalue weighted by Gasteiger charge is -2.26. The molecule has 0 aliphatic carbocycles. The molecule has 1 amide bonds. The first-order chi connectivity index (χ1) is 12.8. The molecule has 26 heavy (non-hydrogen) atoms. The molecule has 0 N–H and O–H groups in total. The van der Waals surface area contributed by atoms with Crippen molar-refractivity contribution in [1.82, 2.24) is 4.90 Å². The van der Waals surface area contributed by atoms with Crippen molar-refractivity contribution >= 4 is 11.6 Å². The van der Waals surface area contributed by atoms with Gasteiger partial charge in [0.05, 0.1) is 19.4 Å². The quantitative estimate of drug-likeness (QED) is 0.608. The molecule has 3 aromatic rings. The lowest BCUT2D eigenvalue weighted by molar-refractivity contribution is -0.120. The van der Waals surface area contributed by atoms with Gasteiger partial charge in [-0.15, -0.1) is 0 Å². The molecular weight excluding hydrogens is 324 g/mol. The van der Waals surface area contributed by atoms with Crippen LogP contribution in [-0.4, -0.2) is 23.9 Å². The van der Waals surface area contributed by atoms with E-state index in [1.807, 2.05) is 72.5 Å². The zero-order valence-electron chi connectivity index (χ0n) is 15.0. The average molecular weight is 348 g/mol. The Hall–Kier alpha value is -2.85. The van der Waals surface area contributed by atoms with E-state index in [0.717, 1.165) is 11.4 Å². The van der Waals surface area contributed by atoms with Crippen molar-refractivity contribution < 1.29 is 9.21 Å². The van der Waals surface area contributed by atoms with Crippen molar-refractivity contribution in [2.75, 3.05) is 18.0 Å². The molecule has 3 rings (SSSR count). The van der Waals surface area contributed by atoms with Gasteiger partial charge in [0.15, 0.2) is 0 Å². The molecule has 0 aliphatic heterocycles. The Labute approximate surface area is 154 Å². The Morgan fingerprint density at radius 2 is 1.58 bits per heavy atom. The predicted molar refractivity (Wildman–Crippen MR) is 104 cm³/mol. The molecule has 134 valence electrons. The van der Waals surface area contributed by atoms with Crippen molar-refractivity contribution in [2.45, 2.75) is 20.0 Å². The molecule has 0 saturated carbocycles. The van der Waals surface area contributed by atoms with E-state index in [9.17, 15) is 4.79 Å². The van der Waals surface area contributed by atoms with E-state index >= 15 is 0 Å². The summed E-state index contributed by atoms with van der Waals surface area (Å²) in [5, 5.41) is 0. The summed E-state index contributed by atoms with van der Waals surface area (Å²) in [5.74, 6) is 0.942. The highest BCUT2D eigenvalue weighted by Gasteiger charge is 2.19. The molecule has 0 saturated heterocycles. The van der Waals surface area contributed by atoms with Gasteiger partial charge in [-0.25, -0.2) is 0 Å². The van der Waals surface area contributed by atoms with E-state index in [1.54, 1.807) is 6.26 Å². The molecule has 1 aromatic heterocycles. The smallest absolute Gasteiger partial charge is 0.241 e. The van der Waals surface area contributed by atoms with Crippen LogP contribution < -0.4 is 4.90 Å². The number of carbonyl (C=O) groups is 1. The zero-order valence-corrected chi connectivity index (χ0v) is 15.0. The summed E-state index contributed by atoms with van der Waals surface area (Å²) in [4.78, 5) is 16.9. The van der Waals surface area contributed by atoms with Crippen LogP contribution in [0.3, 0.4) is 0 Å².